The number of esters is 1. The molecule has 0 spiro atoms. The van der Waals surface area contributed by atoms with E-state index in [1.165, 1.54) is 27.4 Å². The highest BCUT2D eigenvalue weighted by atomic mass is 16.5. The summed E-state index contributed by atoms with van der Waals surface area (Å²) in [6, 6.07) is 13.8. The van der Waals surface area contributed by atoms with Gasteiger partial charge in [-0.1, -0.05) is 42.5 Å². The molecule has 0 bridgehead atoms. The lowest BCUT2D eigenvalue weighted by Crippen LogP contribution is -2.28. The molecule has 0 fully saturated rings. The largest absolute Gasteiger partial charge is 0.507 e. The number of hydrogen-bond acceptors (Lipinski definition) is 9. The summed E-state index contributed by atoms with van der Waals surface area (Å²) in [6.45, 7) is 3.60. The highest BCUT2D eigenvalue weighted by Crippen LogP contribution is 2.47. The van der Waals surface area contributed by atoms with Crippen LogP contribution in [0.15, 0.2) is 54.6 Å². The van der Waals surface area contributed by atoms with Crippen LogP contribution in [0.5, 0.6) is 28.7 Å². The third kappa shape index (κ3) is 8.67. The lowest BCUT2D eigenvalue weighted by atomic mass is 9.84. The van der Waals surface area contributed by atoms with Gasteiger partial charge in [-0.05, 0) is 74.4 Å². The lowest BCUT2D eigenvalue weighted by Gasteiger charge is -2.25. The van der Waals surface area contributed by atoms with Gasteiger partial charge in [0, 0.05) is 30.7 Å². The summed E-state index contributed by atoms with van der Waals surface area (Å²) in [5, 5.41) is 26.5. The van der Waals surface area contributed by atoms with Gasteiger partial charge < -0.3 is 34.5 Å². The highest BCUT2D eigenvalue weighted by molar-refractivity contribution is 5.98. The molecule has 3 aromatic carbocycles. The van der Waals surface area contributed by atoms with Gasteiger partial charge in [0.25, 0.3) is 0 Å². The Morgan fingerprint density at radius 3 is 2.27 bits per heavy atom. The molecule has 0 saturated carbocycles. The Balaban J connectivity index is 1.86. The van der Waals surface area contributed by atoms with Crippen molar-refractivity contribution >= 4 is 23.7 Å². The first kappa shape index (κ1) is 35.9. The number of allylic oxidation sites excluding steroid dienone is 1. The number of hydrogen-bond donors (Lipinski definition) is 3. The van der Waals surface area contributed by atoms with E-state index < -0.39 is 23.7 Å². The second-order valence-corrected chi connectivity index (χ2v) is 12.0. The van der Waals surface area contributed by atoms with E-state index in [1.54, 1.807) is 31.2 Å². The van der Waals surface area contributed by atoms with Gasteiger partial charge in [0.2, 0.25) is 11.7 Å². The zero-order valence-corrected chi connectivity index (χ0v) is 28.2. The highest BCUT2D eigenvalue weighted by Gasteiger charge is 2.32. The fraction of sp³-hybridized carbons (Fsp3) is 0.395. The Kier molecular flexibility index (Phi) is 12.5. The van der Waals surface area contributed by atoms with E-state index in [0.29, 0.717) is 61.3 Å². The second-order valence-electron chi connectivity index (χ2n) is 12.0. The topological polar surface area (TPSA) is 141 Å². The zero-order valence-electron chi connectivity index (χ0n) is 28.2. The summed E-state index contributed by atoms with van der Waals surface area (Å²) >= 11 is 0. The number of ketones is 1. The molecule has 3 atom stereocenters. The summed E-state index contributed by atoms with van der Waals surface area (Å²) in [7, 11) is 4.40. The predicted molar refractivity (Wildman–Crippen MR) is 182 cm³/mol. The maximum Gasteiger partial charge on any atom is 0.342 e. The van der Waals surface area contributed by atoms with E-state index >= 15 is 0 Å². The maximum absolute atomic E-state index is 13.7. The van der Waals surface area contributed by atoms with E-state index in [-0.39, 0.29) is 46.6 Å². The van der Waals surface area contributed by atoms with Crippen molar-refractivity contribution in [3.8, 4) is 28.7 Å². The summed E-state index contributed by atoms with van der Waals surface area (Å²) in [6.07, 6.45) is 5.78. The van der Waals surface area contributed by atoms with Crippen molar-refractivity contribution < 1.29 is 43.5 Å². The number of benzene rings is 3. The molecule has 0 aromatic heterocycles. The molecule has 1 aliphatic heterocycles. The number of phenols is 2. The van der Waals surface area contributed by atoms with Gasteiger partial charge in [-0.3, -0.25) is 9.59 Å². The van der Waals surface area contributed by atoms with Gasteiger partial charge in [-0.25, -0.2) is 4.79 Å². The van der Waals surface area contributed by atoms with Crippen molar-refractivity contribution in [3.63, 3.8) is 0 Å². The average molecular weight is 660 g/mol. The van der Waals surface area contributed by atoms with Crippen LogP contribution in [0.2, 0.25) is 0 Å². The maximum atomic E-state index is 13.7. The Morgan fingerprint density at radius 2 is 1.62 bits per heavy atom. The SMILES string of the molecule is COc1cc(C(CC(=O)N[C@@H](C)c2ccccc2)c2c(O)cc3c(c2O)C(=O)O[C@@H](C)CCCC(=O)CCC/C=C/3)cc(OC)c1OC. The third-order valence-electron chi connectivity index (χ3n) is 8.56. The van der Waals surface area contributed by atoms with Crippen molar-refractivity contribution in [2.24, 2.45) is 0 Å². The van der Waals surface area contributed by atoms with Crippen LogP contribution < -0.4 is 19.5 Å². The molecule has 4 rings (SSSR count). The molecule has 10 nitrogen and oxygen atoms in total. The summed E-state index contributed by atoms with van der Waals surface area (Å²) in [4.78, 5) is 39.6. The Morgan fingerprint density at radius 1 is 0.958 bits per heavy atom. The molecule has 48 heavy (non-hydrogen) atoms. The van der Waals surface area contributed by atoms with E-state index in [4.69, 9.17) is 18.9 Å². The average Bonchev–Trinajstić information content (AvgIpc) is 3.06. The number of amides is 1. The molecule has 1 amide bonds. The Bertz CT molecular complexity index is 1610. The predicted octanol–water partition coefficient (Wildman–Crippen LogP) is 7.00. The van der Waals surface area contributed by atoms with Crippen molar-refractivity contribution in [1.82, 2.24) is 5.32 Å². The standard InChI is InChI=1S/C38H45NO9/c1-23-13-12-18-28(40)17-11-7-10-16-26-19-30(41)35(36(43)34(26)38(44)48-23)29(22-33(42)39-24(2)25-14-8-6-9-15-25)27-20-31(45-3)37(47-5)32(21-27)46-4/h6,8-10,14-16,19-21,23-24,29,41,43H,7,11-13,17-18,22H2,1-5H3,(H,39,42)/b16-10+/t23-,24-,29?/m0/s1. The number of nitrogens with one attached hydrogen (secondary N) is 1. The van der Waals surface area contributed by atoms with Gasteiger partial charge in [-0.15, -0.1) is 0 Å². The molecule has 1 unspecified atom stereocenters. The first-order valence-corrected chi connectivity index (χ1v) is 16.2. The van der Waals surface area contributed by atoms with Crippen LogP contribution >= 0.6 is 0 Å². The first-order valence-electron chi connectivity index (χ1n) is 16.2. The number of rotatable bonds is 9. The molecule has 3 N–H and O–H groups in total. The second kappa shape index (κ2) is 16.7. The van der Waals surface area contributed by atoms with Gasteiger partial charge in [0.1, 0.15) is 22.8 Å². The van der Waals surface area contributed by atoms with Gasteiger partial charge in [0.15, 0.2) is 11.5 Å². The summed E-state index contributed by atoms with van der Waals surface area (Å²) in [5.74, 6) is -1.84. The van der Waals surface area contributed by atoms with Crippen LogP contribution in [0.3, 0.4) is 0 Å². The van der Waals surface area contributed by atoms with E-state index in [0.717, 1.165) is 5.56 Å². The minimum atomic E-state index is -0.972. The van der Waals surface area contributed by atoms with Crippen molar-refractivity contribution in [3.05, 3.63) is 82.4 Å². The molecular formula is C38H45NO9. The Hall–Kier alpha value is -4.99. The molecule has 256 valence electrons. The van der Waals surface area contributed by atoms with Crippen LogP contribution in [-0.4, -0.2) is 55.3 Å². The van der Waals surface area contributed by atoms with E-state index in [9.17, 15) is 24.6 Å². The van der Waals surface area contributed by atoms with Gasteiger partial charge >= 0.3 is 5.97 Å². The van der Waals surface area contributed by atoms with E-state index in [1.807, 2.05) is 37.3 Å². The molecule has 3 aromatic rings. The normalized spacial score (nSPS) is 17.6. The minimum Gasteiger partial charge on any atom is -0.507 e. The number of fused-ring (bicyclic) bond motifs is 1. The van der Waals surface area contributed by atoms with Crippen molar-refractivity contribution in [2.45, 2.75) is 76.9 Å². The van der Waals surface area contributed by atoms with Crippen LogP contribution in [0.1, 0.15) is 103 Å². The Labute approximate surface area is 281 Å². The van der Waals surface area contributed by atoms with Crippen molar-refractivity contribution in [2.75, 3.05) is 21.3 Å². The summed E-state index contributed by atoms with van der Waals surface area (Å²) < 4.78 is 22.4. The number of phenolic OH excluding ortho intramolecular Hbond substituents is 2. The molecule has 10 heteroatoms. The number of aromatic hydroxyl groups is 2. The van der Waals surface area contributed by atoms with Crippen LogP contribution in [0, 0.1) is 0 Å². The van der Waals surface area contributed by atoms with Gasteiger partial charge in [-0.2, -0.15) is 0 Å². The molecule has 0 radical (unpaired) electrons. The third-order valence-corrected chi connectivity index (χ3v) is 8.56. The molecule has 0 saturated heterocycles. The minimum absolute atomic E-state index is 0.0322. The monoisotopic (exact) mass is 659 g/mol. The number of carbonyl (C=O) groups excluding carboxylic acids is 3. The molecule has 0 aliphatic carbocycles. The van der Waals surface area contributed by atoms with Crippen LogP contribution in [0.25, 0.3) is 6.08 Å². The molecule has 1 heterocycles. The van der Waals surface area contributed by atoms with Crippen LogP contribution in [-0.2, 0) is 14.3 Å². The smallest absolute Gasteiger partial charge is 0.342 e. The van der Waals surface area contributed by atoms with Crippen molar-refractivity contribution in [1.29, 1.82) is 0 Å². The number of cyclic esters (lactones) is 1. The number of ether oxygens (including phenoxy) is 4. The summed E-state index contributed by atoms with van der Waals surface area (Å²) in [5.41, 5.74) is 1.45. The first-order chi connectivity index (χ1) is 23.1. The lowest BCUT2D eigenvalue weighted by molar-refractivity contribution is -0.122. The van der Waals surface area contributed by atoms with Gasteiger partial charge in [0.05, 0.1) is 33.5 Å². The number of methoxy groups -OCH3 is 3. The number of Topliss-reactive ketones (excluding diaryl/α,β-unsaturated/α-hetero) is 1. The molecule has 1 aliphatic rings. The number of carbonyl (C=O) groups is 3. The zero-order chi connectivity index (χ0) is 34.8. The van der Waals surface area contributed by atoms with E-state index in [2.05, 4.69) is 5.32 Å². The fourth-order valence-electron chi connectivity index (χ4n) is 6.02. The molecular weight excluding hydrogens is 614 g/mol. The quantitative estimate of drug-likeness (QED) is 0.207. The van der Waals surface area contributed by atoms with Crippen LogP contribution in [0.4, 0.5) is 0 Å². The fourth-order valence-corrected chi connectivity index (χ4v) is 6.02.